The molecule has 0 saturated carbocycles. The molecule has 0 aliphatic carbocycles. The zero-order chi connectivity index (χ0) is 17.7. The summed E-state index contributed by atoms with van der Waals surface area (Å²) < 4.78 is 36.6. The first kappa shape index (κ1) is 18.5. The minimum absolute atomic E-state index is 0.138. The summed E-state index contributed by atoms with van der Waals surface area (Å²) in [5, 5.41) is 32.1. The molecule has 0 spiro atoms. The maximum Gasteiger partial charge on any atom is 0.412 e. The fourth-order valence-electron chi connectivity index (χ4n) is 1.55. The Morgan fingerprint density at radius 2 is 2.00 bits per heavy atom. The average Bonchev–Trinajstić information content (AvgIpc) is 2.45. The molecule has 0 unspecified atom stereocenters. The summed E-state index contributed by atoms with van der Waals surface area (Å²) in [4.78, 5) is 11.5. The number of benzene rings is 1. The Bertz CT molecular complexity index is 636. The van der Waals surface area contributed by atoms with Gasteiger partial charge in [-0.1, -0.05) is 18.7 Å². The van der Waals surface area contributed by atoms with Crippen molar-refractivity contribution in [1.82, 2.24) is 10.6 Å². The van der Waals surface area contributed by atoms with E-state index in [0.717, 1.165) is 6.07 Å². The molecule has 0 aliphatic rings. The van der Waals surface area contributed by atoms with Crippen LogP contribution in [0, 0.1) is 11.3 Å². The molecule has 1 aromatic carbocycles. The molecule has 0 bridgehead atoms. The van der Waals surface area contributed by atoms with Crippen LogP contribution in [0.4, 0.5) is 18.0 Å². The van der Waals surface area contributed by atoms with Crippen LogP contribution >= 0.6 is 0 Å². The van der Waals surface area contributed by atoms with Crippen LogP contribution in [0.1, 0.15) is 17.5 Å². The summed E-state index contributed by atoms with van der Waals surface area (Å²) in [5.41, 5.74) is -1.05. The van der Waals surface area contributed by atoms with Gasteiger partial charge in [0.15, 0.2) is 0 Å². The van der Waals surface area contributed by atoms with E-state index in [4.69, 9.17) is 5.26 Å². The summed E-state index contributed by atoms with van der Waals surface area (Å²) in [6, 6.07) is 5.89. The average molecular weight is 329 g/mol. The topological polar surface area (TPSA) is 105 Å². The van der Waals surface area contributed by atoms with E-state index in [1.165, 1.54) is 18.2 Å². The van der Waals surface area contributed by atoms with E-state index in [0.29, 0.717) is 0 Å². The summed E-state index contributed by atoms with van der Waals surface area (Å²) in [6.07, 6.45) is -5.09. The molecule has 6 nitrogen and oxygen atoms in total. The highest BCUT2D eigenvalue weighted by atomic mass is 19.4. The number of hydrogen-bond donors (Lipinski definition) is 4. The number of carbonyl (C=O) groups excluding carboxylic acids is 1. The monoisotopic (exact) mass is 329 g/mol. The minimum Gasteiger partial charge on any atom is -0.345 e. The fourth-order valence-corrected chi connectivity index (χ4v) is 1.55. The molecule has 0 aliphatic heterocycles. The van der Waals surface area contributed by atoms with Crippen molar-refractivity contribution >= 4 is 6.03 Å². The summed E-state index contributed by atoms with van der Waals surface area (Å²) in [7, 11) is 0. The summed E-state index contributed by atoms with van der Waals surface area (Å²) in [5.74, 6) is -2.78. The SMILES string of the molecule is C=C(CCNC(=O)NC(O)(O)c1cccc(C#N)c1)C(F)(F)F. The van der Waals surface area contributed by atoms with Crippen molar-refractivity contribution in [1.29, 1.82) is 5.26 Å². The van der Waals surface area contributed by atoms with Crippen LogP contribution < -0.4 is 10.6 Å². The van der Waals surface area contributed by atoms with Gasteiger partial charge in [-0.05, 0) is 18.6 Å². The van der Waals surface area contributed by atoms with Gasteiger partial charge >= 0.3 is 12.2 Å². The van der Waals surface area contributed by atoms with Gasteiger partial charge in [0.25, 0.3) is 5.91 Å². The quantitative estimate of drug-likeness (QED) is 0.485. The number of amides is 2. The predicted octanol–water partition coefficient (Wildman–Crippen LogP) is 1.46. The molecule has 0 saturated heterocycles. The van der Waals surface area contributed by atoms with Crippen molar-refractivity contribution in [3.8, 4) is 6.07 Å². The number of nitriles is 1. The molecule has 1 rings (SSSR count). The van der Waals surface area contributed by atoms with Gasteiger partial charge in [-0.15, -0.1) is 0 Å². The lowest BCUT2D eigenvalue weighted by molar-refractivity contribution is -0.184. The van der Waals surface area contributed by atoms with E-state index in [9.17, 15) is 28.2 Å². The second kappa shape index (κ2) is 7.13. The maximum absolute atomic E-state index is 12.2. The number of nitrogens with zero attached hydrogens (tertiary/aromatic N) is 1. The van der Waals surface area contributed by atoms with E-state index in [1.807, 2.05) is 5.32 Å². The number of alkyl halides is 3. The Hall–Kier alpha value is -2.57. The van der Waals surface area contributed by atoms with Crippen molar-refractivity contribution in [3.05, 3.63) is 47.5 Å². The third-order valence-electron chi connectivity index (χ3n) is 2.80. The molecule has 0 atom stereocenters. The zero-order valence-corrected chi connectivity index (χ0v) is 11.8. The number of hydrogen-bond acceptors (Lipinski definition) is 4. The van der Waals surface area contributed by atoms with Gasteiger partial charge < -0.3 is 15.5 Å². The van der Waals surface area contributed by atoms with E-state index in [1.54, 1.807) is 11.4 Å². The van der Waals surface area contributed by atoms with E-state index < -0.39 is 36.7 Å². The number of carbonyl (C=O) groups is 1. The summed E-state index contributed by atoms with van der Waals surface area (Å²) >= 11 is 0. The molecule has 124 valence electrons. The molecule has 0 fully saturated rings. The lowest BCUT2D eigenvalue weighted by Crippen LogP contribution is -2.50. The Morgan fingerprint density at radius 3 is 2.57 bits per heavy atom. The standard InChI is InChI=1S/C14H14F3N3O3/c1-9(13(15,16)17)5-6-19-12(21)20-14(22,23)11-4-2-3-10(7-11)8-18/h2-4,7,22-23H,1,5-6H2,(H2,19,20,21). The zero-order valence-electron chi connectivity index (χ0n) is 11.8. The smallest absolute Gasteiger partial charge is 0.345 e. The van der Waals surface area contributed by atoms with Crippen molar-refractivity contribution < 1.29 is 28.2 Å². The van der Waals surface area contributed by atoms with Crippen molar-refractivity contribution in [2.24, 2.45) is 0 Å². The normalized spacial score (nSPS) is 11.5. The van der Waals surface area contributed by atoms with Crippen LogP contribution in [0.25, 0.3) is 0 Å². The molecular formula is C14H14F3N3O3. The fraction of sp³-hybridized carbons (Fsp3) is 0.286. The third-order valence-corrected chi connectivity index (χ3v) is 2.80. The highest BCUT2D eigenvalue weighted by Crippen LogP contribution is 2.25. The molecule has 0 aromatic heterocycles. The molecule has 2 amide bonds. The van der Waals surface area contributed by atoms with Crippen LogP contribution in [0.2, 0.25) is 0 Å². The van der Waals surface area contributed by atoms with Crippen molar-refractivity contribution in [2.45, 2.75) is 18.5 Å². The number of nitrogens with one attached hydrogen (secondary N) is 2. The number of rotatable bonds is 5. The molecule has 23 heavy (non-hydrogen) atoms. The lowest BCUT2D eigenvalue weighted by atomic mass is 10.1. The van der Waals surface area contributed by atoms with Gasteiger partial charge in [0.1, 0.15) is 0 Å². The van der Waals surface area contributed by atoms with Gasteiger partial charge in [0.2, 0.25) is 0 Å². The molecule has 0 heterocycles. The van der Waals surface area contributed by atoms with Crippen molar-refractivity contribution in [2.75, 3.05) is 6.54 Å². The molecule has 0 radical (unpaired) electrons. The van der Waals surface area contributed by atoms with Crippen LogP contribution in [0.5, 0.6) is 0 Å². The Balaban J connectivity index is 2.59. The second-order valence-corrected chi connectivity index (χ2v) is 4.60. The maximum atomic E-state index is 12.2. The predicted molar refractivity (Wildman–Crippen MR) is 73.6 cm³/mol. The first-order chi connectivity index (χ1) is 10.6. The highest BCUT2D eigenvalue weighted by molar-refractivity contribution is 5.74. The summed E-state index contributed by atoms with van der Waals surface area (Å²) in [6.45, 7) is 2.45. The Morgan fingerprint density at radius 1 is 1.35 bits per heavy atom. The highest BCUT2D eigenvalue weighted by Gasteiger charge is 2.32. The largest absolute Gasteiger partial charge is 0.412 e. The first-order valence-electron chi connectivity index (χ1n) is 6.32. The van der Waals surface area contributed by atoms with Crippen LogP contribution in [0.15, 0.2) is 36.4 Å². The Labute approximate surface area is 129 Å². The van der Waals surface area contributed by atoms with Gasteiger partial charge in [-0.25, -0.2) is 4.79 Å². The molecule has 9 heteroatoms. The first-order valence-corrected chi connectivity index (χ1v) is 6.32. The Kier molecular flexibility index (Phi) is 5.73. The van der Waals surface area contributed by atoms with Crippen LogP contribution in [-0.4, -0.2) is 29.0 Å². The van der Waals surface area contributed by atoms with Gasteiger partial charge in [-0.2, -0.15) is 18.4 Å². The third kappa shape index (κ3) is 5.61. The number of halogens is 3. The number of urea groups is 1. The van der Waals surface area contributed by atoms with Crippen LogP contribution in [0.3, 0.4) is 0 Å². The minimum atomic E-state index is -4.55. The van der Waals surface area contributed by atoms with Crippen LogP contribution in [-0.2, 0) is 5.91 Å². The van der Waals surface area contributed by atoms with Gasteiger partial charge in [0.05, 0.1) is 11.6 Å². The van der Waals surface area contributed by atoms with Gasteiger partial charge in [-0.3, -0.25) is 5.32 Å². The molecule has 1 aromatic rings. The second-order valence-electron chi connectivity index (χ2n) is 4.60. The van der Waals surface area contributed by atoms with E-state index in [2.05, 4.69) is 6.58 Å². The van der Waals surface area contributed by atoms with E-state index in [-0.39, 0.29) is 11.1 Å². The molecular weight excluding hydrogens is 315 g/mol. The number of aliphatic hydroxyl groups is 2. The van der Waals surface area contributed by atoms with Crippen molar-refractivity contribution in [3.63, 3.8) is 0 Å². The van der Waals surface area contributed by atoms with E-state index >= 15 is 0 Å². The lowest BCUT2D eigenvalue weighted by Gasteiger charge is -2.23. The molecule has 4 N–H and O–H groups in total. The van der Waals surface area contributed by atoms with Gasteiger partial charge in [0, 0.05) is 17.7 Å².